The van der Waals surface area contributed by atoms with E-state index in [9.17, 15) is 14.4 Å². The van der Waals surface area contributed by atoms with Crippen LogP contribution in [0.1, 0.15) is 44.0 Å². The third kappa shape index (κ3) is 5.35. The number of nitrogens with two attached hydrogens (primary N) is 1. The number of amides is 1. The molecule has 31 heavy (non-hydrogen) atoms. The maximum Gasteiger partial charge on any atom is 0.316 e. The third-order valence-corrected chi connectivity index (χ3v) is 5.92. The maximum atomic E-state index is 12.4. The molecule has 0 saturated carbocycles. The van der Waals surface area contributed by atoms with Crippen molar-refractivity contribution in [3.8, 4) is 11.5 Å². The first kappa shape index (κ1) is 22.6. The van der Waals surface area contributed by atoms with Crippen LogP contribution in [0, 0.1) is 20.8 Å². The highest BCUT2D eigenvalue weighted by atomic mass is 32.2. The Morgan fingerprint density at radius 1 is 1.10 bits per heavy atom. The molecule has 3 rings (SSSR count). The number of hydrogen-bond donors (Lipinski definition) is 1. The summed E-state index contributed by atoms with van der Waals surface area (Å²) in [6.07, 6.45) is 0.763. The predicted octanol–water partition coefficient (Wildman–Crippen LogP) is 2.79. The average Bonchev–Trinajstić information content (AvgIpc) is 2.98. The molecule has 0 aliphatic carbocycles. The summed E-state index contributed by atoms with van der Waals surface area (Å²) < 4.78 is 16.2. The second kappa shape index (κ2) is 9.82. The fourth-order valence-electron chi connectivity index (χ4n) is 3.04. The molecule has 2 heterocycles. The van der Waals surface area contributed by atoms with Gasteiger partial charge in [0.15, 0.2) is 23.9 Å². The number of aryl methyl sites for hydroxylation is 1. The van der Waals surface area contributed by atoms with Crippen LogP contribution in [0.3, 0.4) is 0 Å². The fourth-order valence-corrected chi connectivity index (χ4v) is 3.98. The quantitative estimate of drug-likeness (QED) is 0.393. The van der Waals surface area contributed by atoms with Gasteiger partial charge in [-0.05, 0) is 50.1 Å². The van der Waals surface area contributed by atoms with Crippen molar-refractivity contribution in [2.45, 2.75) is 32.2 Å². The highest BCUT2D eigenvalue weighted by molar-refractivity contribution is 8.00. The van der Waals surface area contributed by atoms with E-state index in [0.29, 0.717) is 40.9 Å². The molecule has 1 aromatic carbocycles. The van der Waals surface area contributed by atoms with E-state index in [1.807, 2.05) is 13.8 Å². The number of carbonyl (C=O) groups excluding carboxylic acids is 3. The lowest BCUT2D eigenvalue weighted by molar-refractivity contribution is -0.139. The van der Waals surface area contributed by atoms with Gasteiger partial charge in [0, 0.05) is 17.7 Å². The minimum absolute atomic E-state index is 0.108. The van der Waals surface area contributed by atoms with Gasteiger partial charge in [-0.3, -0.25) is 14.4 Å². The van der Waals surface area contributed by atoms with Gasteiger partial charge in [0.1, 0.15) is 5.03 Å². The number of benzene rings is 1. The summed E-state index contributed by atoms with van der Waals surface area (Å²) >= 11 is 1.05. The first-order valence-corrected chi connectivity index (χ1v) is 10.8. The predicted molar refractivity (Wildman–Crippen MR) is 115 cm³/mol. The van der Waals surface area contributed by atoms with Crippen molar-refractivity contribution < 1.29 is 28.6 Å². The van der Waals surface area contributed by atoms with Crippen molar-refractivity contribution in [3.63, 3.8) is 0 Å². The van der Waals surface area contributed by atoms with Crippen molar-refractivity contribution in [1.82, 2.24) is 4.98 Å². The molecule has 2 aromatic rings. The number of Topliss-reactive ketones (excluding diaryl/α,β-unsaturated/α-hetero) is 1. The maximum absolute atomic E-state index is 12.4. The van der Waals surface area contributed by atoms with Crippen LogP contribution in [0.4, 0.5) is 0 Å². The molecule has 2 N–H and O–H groups in total. The zero-order chi connectivity index (χ0) is 22.5. The average molecular weight is 445 g/mol. The third-order valence-electron chi connectivity index (χ3n) is 4.97. The first-order chi connectivity index (χ1) is 14.8. The van der Waals surface area contributed by atoms with E-state index in [2.05, 4.69) is 4.98 Å². The van der Waals surface area contributed by atoms with E-state index in [4.69, 9.17) is 19.9 Å². The van der Waals surface area contributed by atoms with E-state index in [-0.39, 0.29) is 11.5 Å². The molecule has 1 aromatic heterocycles. The van der Waals surface area contributed by atoms with Gasteiger partial charge in [-0.2, -0.15) is 0 Å². The molecule has 1 aliphatic rings. The monoisotopic (exact) mass is 444 g/mol. The molecule has 0 radical (unpaired) electrons. The van der Waals surface area contributed by atoms with Crippen LogP contribution in [-0.2, 0) is 9.53 Å². The number of ether oxygens (including phenoxy) is 3. The zero-order valence-corrected chi connectivity index (χ0v) is 18.5. The van der Waals surface area contributed by atoms with Crippen LogP contribution in [0.5, 0.6) is 11.5 Å². The van der Waals surface area contributed by atoms with E-state index >= 15 is 0 Å². The Morgan fingerprint density at radius 3 is 2.52 bits per heavy atom. The molecule has 0 bridgehead atoms. The lowest BCUT2D eigenvalue weighted by Crippen LogP contribution is -2.18. The first-order valence-electron chi connectivity index (χ1n) is 9.76. The number of thioether (sulfide) groups is 1. The van der Waals surface area contributed by atoms with E-state index < -0.39 is 18.5 Å². The summed E-state index contributed by atoms with van der Waals surface area (Å²) in [7, 11) is 0. The number of nitrogens with zero attached hydrogens (tertiary/aromatic N) is 1. The van der Waals surface area contributed by atoms with Crippen LogP contribution in [0.15, 0.2) is 23.2 Å². The van der Waals surface area contributed by atoms with E-state index in [1.165, 1.54) is 0 Å². The Balaban J connectivity index is 1.59. The standard InChI is InChI=1S/C22H24N2O6S/c1-12-13(2)20(21(23)27)22(24-14(12)3)31-11-19(26)30-10-16(25)15-5-6-17-18(9-15)29-8-4-7-28-17/h5-6,9H,4,7-8,10-11H2,1-3H3,(H2,23,27). The van der Waals surface area contributed by atoms with Crippen molar-refractivity contribution in [2.75, 3.05) is 25.6 Å². The molecule has 1 amide bonds. The number of aromatic nitrogens is 1. The number of pyridine rings is 1. The molecule has 0 atom stereocenters. The van der Waals surface area contributed by atoms with Crippen molar-refractivity contribution >= 4 is 29.4 Å². The van der Waals surface area contributed by atoms with Gasteiger partial charge in [-0.1, -0.05) is 11.8 Å². The normalized spacial score (nSPS) is 12.7. The Kier molecular flexibility index (Phi) is 7.17. The summed E-state index contributed by atoms with van der Waals surface area (Å²) in [5.41, 5.74) is 8.52. The lowest BCUT2D eigenvalue weighted by atomic mass is 10.0. The van der Waals surface area contributed by atoms with Gasteiger partial charge >= 0.3 is 5.97 Å². The number of primary amides is 1. The number of ketones is 1. The number of fused-ring (bicyclic) bond motifs is 1. The molecule has 0 saturated heterocycles. The zero-order valence-electron chi connectivity index (χ0n) is 17.6. The minimum Gasteiger partial charge on any atom is -0.490 e. The van der Waals surface area contributed by atoms with E-state index in [1.54, 1.807) is 25.1 Å². The highest BCUT2D eigenvalue weighted by Crippen LogP contribution is 2.30. The van der Waals surface area contributed by atoms with Gasteiger partial charge in [0.25, 0.3) is 5.91 Å². The smallest absolute Gasteiger partial charge is 0.316 e. The van der Waals surface area contributed by atoms with Gasteiger partial charge in [-0.25, -0.2) is 4.98 Å². The van der Waals surface area contributed by atoms with E-state index in [0.717, 1.165) is 35.0 Å². The van der Waals surface area contributed by atoms with Gasteiger partial charge in [-0.15, -0.1) is 0 Å². The molecule has 8 nitrogen and oxygen atoms in total. The second-order valence-corrected chi connectivity index (χ2v) is 8.04. The molecule has 1 aliphatic heterocycles. The molecular formula is C22H24N2O6S. The van der Waals surface area contributed by atoms with Crippen LogP contribution in [0.2, 0.25) is 0 Å². The number of rotatable bonds is 7. The largest absolute Gasteiger partial charge is 0.490 e. The number of carbonyl (C=O) groups is 3. The Labute approximate surface area is 184 Å². The Hall–Kier alpha value is -3.07. The SMILES string of the molecule is Cc1nc(SCC(=O)OCC(=O)c2ccc3c(c2)OCCCO3)c(C(N)=O)c(C)c1C. The summed E-state index contributed by atoms with van der Waals surface area (Å²) in [5.74, 6) is -0.575. The topological polar surface area (TPSA) is 118 Å². The van der Waals surface area contributed by atoms with Gasteiger partial charge in [0.2, 0.25) is 0 Å². The molecular weight excluding hydrogens is 420 g/mol. The summed E-state index contributed by atoms with van der Waals surface area (Å²) in [6, 6.07) is 4.87. The lowest BCUT2D eigenvalue weighted by Gasteiger charge is -2.13. The van der Waals surface area contributed by atoms with Crippen molar-refractivity contribution in [2.24, 2.45) is 5.73 Å². The van der Waals surface area contributed by atoms with Crippen LogP contribution in [-0.4, -0.2) is 48.2 Å². The summed E-state index contributed by atoms with van der Waals surface area (Å²) in [4.78, 5) is 40.8. The van der Waals surface area contributed by atoms with Crippen LogP contribution >= 0.6 is 11.8 Å². The molecule has 0 unspecified atom stereocenters. The van der Waals surface area contributed by atoms with Gasteiger partial charge in [0.05, 0.1) is 24.5 Å². The second-order valence-electron chi connectivity index (χ2n) is 7.08. The highest BCUT2D eigenvalue weighted by Gasteiger charge is 2.20. The Morgan fingerprint density at radius 2 is 1.81 bits per heavy atom. The molecule has 0 fully saturated rings. The fraction of sp³-hybridized carbons (Fsp3) is 0.364. The minimum atomic E-state index is -0.603. The Bertz CT molecular complexity index is 1040. The molecule has 0 spiro atoms. The summed E-state index contributed by atoms with van der Waals surface area (Å²) in [6.45, 7) is 6.14. The molecule has 9 heteroatoms. The van der Waals surface area contributed by atoms with Crippen LogP contribution in [0.25, 0.3) is 0 Å². The number of esters is 1. The van der Waals surface area contributed by atoms with Crippen molar-refractivity contribution in [1.29, 1.82) is 0 Å². The number of hydrogen-bond acceptors (Lipinski definition) is 8. The molecule has 164 valence electrons. The van der Waals surface area contributed by atoms with Gasteiger partial charge < -0.3 is 19.9 Å². The van der Waals surface area contributed by atoms with Crippen molar-refractivity contribution in [3.05, 3.63) is 46.1 Å². The van der Waals surface area contributed by atoms with Crippen LogP contribution < -0.4 is 15.2 Å². The summed E-state index contributed by atoms with van der Waals surface area (Å²) in [5, 5.41) is 0.374.